The zero-order chi connectivity index (χ0) is 50.0. The molecule has 0 saturated heterocycles. The Hall–Kier alpha value is -4.44. The van der Waals surface area contributed by atoms with Crippen LogP contribution in [0.1, 0.15) is 188 Å². The van der Waals surface area contributed by atoms with Gasteiger partial charge in [0.05, 0.1) is 6.04 Å². The average molecular weight is 950 g/mol. The number of alkyl carbamates (subject to hydrolysis) is 1. The summed E-state index contributed by atoms with van der Waals surface area (Å²) in [4.78, 5) is 50.1. The van der Waals surface area contributed by atoms with Gasteiger partial charge >= 0.3 is 18.0 Å². The van der Waals surface area contributed by atoms with Crippen LogP contribution in [-0.2, 0) is 36.7 Å². The Labute approximate surface area is 415 Å². The molecule has 0 bridgehead atoms. The van der Waals surface area contributed by atoms with Crippen LogP contribution < -0.4 is 10.6 Å². The highest BCUT2D eigenvalue weighted by atomic mass is 16.6. The van der Waals surface area contributed by atoms with E-state index in [0.717, 1.165) is 89.6 Å². The quantitative estimate of drug-likeness (QED) is 0.190. The third-order valence-electron chi connectivity index (χ3n) is 14.8. The van der Waals surface area contributed by atoms with Crippen LogP contribution in [-0.4, -0.2) is 76.4 Å². The first-order valence-electron chi connectivity index (χ1n) is 26.7. The minimum absolute atomic E-state index is 0.135. The number of carboxylic acid groups (broad SMARTS) is 1. The van der Waals surface area contributed by atoms with Crippen molar-refractivity contribution < 1.29 is 33.8 Å². The third-order valence-corrected chi connectivity index (χ3v) is 14.8. The summed E-state index contributed by atoms with van der Waals surface area (Å²) in [5.74, 6) is 1.84. The summed E-state index contributed by atoms with van der Waals surface area (Å²) in [6, 6.07) is 18.7. The van der Waals surface area contributed by atoms with Gasteiger partial charge in [-0.2, -0.15) is 0 Å². The fraction of sp³-hybridized carbons (Fsp3) is 0.661. The lowest BCUT2D eigenvalue weighted by molar-refractivity contribution is -0.156. The molecule has 2 aliphatic heterocycles. The van der Waals surface area contributed by atoms with E-state index in [-0.39, 0.29) is 36.5 Å². The lowest BCUT2D eigenvalue weighted by atomic mass is 9.79. The molecule has 0 aromatic heterocycles. The maximum Gasteiger partial charge on any atom is 0.407 e. The Morgan fingerprint density at radius 3 is 1.72 bits per heavy atom. The molecule has 2 atom stereocenters. The van der Waals surface area contributed by atoms with E-state index >= 15 is 0 Å². The average Bonchev–Trinajstić information content (AvgIpc) is 3.84. The molecule has 2 amide bonds. The van der Waals surface area contributed by atoms with Crippen molar-refractivity contribution in [3.05, 3.63) is 81.9 Å². The number of nitrogens with one attached hydrogen (secondary N) is 2. The van der Waals surface area contributed by atoms with Crippen LogP contribution in [0.2, 0.25) is 0 Å². The summed E-state index contributed by atoms with van der Waals surface area (Å²) >= 11 is 0. The number of fused-ring (bicyclic) bond motifs is 4. The van der Waals surface area contributed by atoms with Crippen molar-refractivity contribution >= 4 is 35.1 Å². The molecule has 0 radical (unpaired) electrons. The number of hydrogen-bond acceptors (Lipinski definition) is 7. The van der Waals surface area contributed by atoms with E-state index in [1.807, 2.05) is 41.5 Å². The normalized spacial score (nSPS) is 24.2. The largest absolute Gasteiger partial charge is 0.481 e. The molecule has 0 spiro atoms. The summed E-state index contributed by atoms with van der Waals surface area (Å²) in [6.45, 7) is 22.4. The van der Waals surface area contributed by atoms with Crippen LogP contribution in [0.25, 0.3) is 11.1 Å². The number of esters is 1. The Morgan fingerprint density at radius 1 is 0.667 bits per heavy atom. The zero-order valence-electron chi connectivity index (χ0n) is 44.0. The fourth-order valence-corrected chi connectivity index (χ4v) is 11.8. The second-order valence-corrected chi connectivity index (χ2v) is 23.9. The monoisotopic (exact) mass is 950 g/mol. The Morgan fingerprint density at radius 2 is 1.17 bits per heavy atom. The topological polar surface area (TPSA) is 134 Å². The highest BCUT2D eigenvalue weighted by Crippen LogP contribution is 2.44. The van der Waals surface area contributed by atoms with Gasteiger partial charge in [0.1, 0.15) is 11.2 Å². The smallest absolute Gasteiger partial charge is 0.407 e. The molecule has 10 nitrogen and oxygen atoms in total. The molecule has 2 saturated carbocycles. The molecule has 380 valence electrons. The molecule has 8 rings (SSSR count). The number of aliphatic carboxylic acids is 1. The molecule has 6 aliphatic rings. The van der Waals surface area contributed by atoms with Crippen molar-refractivity contribution in [2.24, 2.45) is 29.6 Å². The number of amides is 2. The Bertz CT molecular complexity index is 2140. The SMILES string of the molecule is CC(C)(C)OC(=O)CC1CCC(CC(=O)O)CC1.CC(C)CC1C2=C(CCN1C(=O)CC1CCC(NC(=O)OC(C)(C)C)CC1)c1ccccc1C2.CC(C)CC1NCCC2=C1Cc1ccccc12. The summed E-state index contributed by atoms with van der Waals surface area (Å²) < 4.78 is 10.7. The van der Waals surface area contributed by atoms with E-state index in [2.05, 4.69) is 91.8 Å². The molecule has 2 aromatic rings. The van der Waals surface area contributed by atoms with E-state index in [4.69, 9.17) is 14.6 Å². The van der Waals surface area contributed by atoms with Gasteiger partial charge < -0.3 is 30.1 Å². The number of carbonyl (C=O) groups excluding carboxylic acids is 3. The first-order valence-corrected chi connectivity index (χ1v) is 26.7. The molecule has 2 unspecified atom stereocenters. The molecule has 3 N–H and O–H groups in total. The number of nitrogens with zero attached hydrogens (tertiary/aromatic N) is 1. The van der Waals surface area contributed by atoms with E-state index in [9.17, 15) is 19.2 Å². The van der Waals surface area contributed by atoms with Crippen molar-refractivity contribution in [3.63, 3.8) is 0 Å². The number of carbonyl (C=O) groups is 4. The van der Waals surface area contributed by atoms with Gasteiger partial charge in [-0.3, -0.25) is 14.4 Å². The minimum atomic E-state index is -0.717. The molecule has 69 heavy (non-hydrogen) atoms. The molecule has 2 heterocycles. The van der Waals surface area contributed by atoms with E-state index < -0.39 is 17.2 Å². The van der Waals surface area contributed by atoms with Crippen molar-refractivity contribution in [1.29, 1.82) is 0 Å². The fourth-order valence-electron chi connectivity index (χ4n) is 11.8. The lowest BCUT2D eigenvalue weighted by Crippen LogP contribution is -2.46. The van der Waals surface area contributed by atoms with Crippen LogP contribution in [0.15, 0.2) is 59.7 Å². The summed E-state index contributed by atoms with van der Waals surface area (Å²) in [7, 11) is 0. The van der Waals surface area contributed by atoms with Crippen LogP contribution in [0, 0.1) is 29.6 Å². The summed E-state index contributed by atoms with van der Waals surface area (Å²) in [5.41, 5.74) is 11.3. The van der Waals surface area contributed by atoms with Gasteiger partial charge in [0.15, 0.2) is 0 Å². The van der Waals surface area contributed by atoms with Gasteiger partial charge in [-0.15, -0.1) is 0 Å². The molecular formula is C59H87N3O7. The number of hydrogen-bond donors (Lipinski definition) is 3. The van der Waals surface area contributed by atoms with Gasteiger partial charge in [-0.25, -0.2) is 4.79 Å². The molecule has 2 aromatic carbocycles. The van der Waals surface area contributed by atoms with Crippen molar-refractivity contribution in [2.75, 3.05) is 13.1 Å². The predicted octanol–water partition coefficient (Wildman–Crippen LogP) is 12.5. The van der Waals surface area contributed by atoms with E-state index in [0.29, 0.717) is 42.5 Å². The van der Waals surface area contributed by atoms with E-state index in [1.165, 1.54) is 52.7 Å². The molecule has 2 fully saturated rings. The molecule has 10 heteroatoms. The maximum atomic E-state index is 13.5. The van der Waals surface area contributed by atoms with Gasteiger partial charge in [-0.05, 0) is 212 Å². The van der Waals surface area contributed by atoms with Crippen LogP contribution in [0.3, 0.4) is 0 Å². The van der Waals surface area contributed by atoms with Gasteiger partial charge in [0.2, 0.25) is 5.91 Å². The van der Waals surface area contributed by atoms with Crippen molar-refractivity contribution in [2.45, 2.75) is 208 Å². The number of ether oxygens (including phenoxy) is 2. The second-order valence-electron chi connectivity index (χ2n) is 23.9. The third kappa shape index (κ3) is 16.0. The second kappa shape index (κ2) is 24.1. The number of rotatable bonds is 11. The van der Waals surface area contributed by atoms with Crippen molar-refractivity contribution in [3.8, 4) is 0 Å². The zero-order valence-corrected chi connectivity index (χ0v) is 44.0. The van der Waals surface area contributed by atoms with Crippen LogP contribution in [0.5, 0.6) is 0 Å². The Balaban J connectivity index is 0.000000188. The summed E-state index contributed by atoms with van der Waals surface area (Å²) in [6.07, 6.45) is 15.2. The van der Waals surface area contributed by atoms with Gasteiger partial charge in [0.25, 0.3) is 0 Å². The van der Waals surface area contributed by atoms with Crippen molar-refractivity contribution in [1.82, 2.24) is 15.5 Å². The highest BCUT2D eigenvalue weighted by Gasteiger charge is 2.38. The maximum absolute atomic E-state index is 13.5. The number of carboxylic acids is 1. The summed E-state index contributed by atoms with van der Waals surface area (Å²) in [5, 5.41) is 15.4. The predicted molar refractivity (Wildman–Crippen MR) is 277 cm³/mol. The lowest BCUT2D eigenvalue weighted by Gasteiger charge is -2.39. The first kappa shape index (κ1) is 53.9. The van der Waals surface area contributed by atoms with Gasteiger partial charge in [0, 0.05) is 37.9 Å². The van der Waals surface area contributed by atoms with Crippen LogP contribution >= 0.6 is 0 Å². The molecule has 4 aliphatic carbocycles. The van der Waals surface area contributed by atoms with Crippen LogP contribution in [0.4, 0.5) is 4.79 Å². The number of benzene rings is 2. The minimum Gasteiger partial charge on any atom is -0.481 e. The standard InChI is InChI=1S/C29H42N2O3.C16H21N.C14H24O4/c1-19(2)16-26-25-18-21-8-6-7-9-23(21)24(25)14-15-31(26)27(32)17-20-10-12-22(13-11-20)30-28(33)34-29(3,4)5;1-11(2)9-16-15-10-12-5-3-4-6-13(12)14(15)7-8-17-16;1-14(2,3)18-13(17)9-11-6-4-10(5-7-11)8-12(15)16/h6-9,19-20,22,26H,10-18H2,1-5H3,(H,30,33);3-6,11,16-17H,7-10H2,1-2H3;10-11H,4-9H2,1-3H3,(H,15,16). The first-order chi connectivity index (χ1) is 32.6. The Kier molecular flexibility index (Phi) is 18.8. The van der Waals surface area contributed by atoms with Gasteiger partial charge in [-0.1, -0.05) is 76.2 Å². The molecular weight excluding hydrogens is 863 g/mol. The highest BCUT2D eigenvalue weighted by molar-refractivity contribution is 5.83. The van der Waals surface area contributed by atoms with E-state index in [1.54, 1.807) is 11.1 Å².